The SMILES string of the molecule is COc1ccc(C2(C)NC(=O)N(CC(=O)Nc3ccc4oc(=O)ccc4c3)C2=O)cc1. The van der Waals surface area contributed by atoms with E-state index in [1.807, 2.05) is 0 Å². The summed E-state index contributed by atoms with van der Waals surface area (Å²) in [5.74, 6) is -0.452. The molecule has 1 aromatic heterocycles. The fraction of sp³-hybridized carbons (Fsp3) is 0.182. The number of hydrogen-bond acceptors (Lipinski definition) is 6. The van der Waals surface area contributed by atoms with Gasteiger partial charge >= 0.3 is 11.7 Å². The second kappa shape index (κ2) is 7.60. The molecule has 0 bridgehead atoms. The number of fused-ring (bicyclic) bond motifs is 1. The second-order valence-electron chi connectivity index (χ2n) is 7.23. The van der Waals surface area contributed by atoms with Gasteiger partial charge in [-0.15, -0.1) is 0 Å². The van der Waals surface area contributed by atoms with E-state index < -0.39 is 35.6 Å². The maximum absolute atomic E-state index is 13.0. The number of nitrogens with one attached hydrogen (secondary N) is 2. The summed E-state index contributed by atoms with van der Waals surface area (Å²) in [6, 6.07) is 13.7. The fourth-order valence-corrected chi connectivity index (χ4v) is 3.45. The van der Waals surface area contributed by atoms with Crippen molar-refractivity contribution in [1.82, 2.24) is 10.2 Å². The van der Waals surface area contributed by atoms with E-state index >= 15 is 0 Å². The van der Waals surface area contributed by atoms with Gasteiger partial charge in [-0.3, -0.25) is 14.5 Å². The van der Waals surface area contributed by atoms with Crippen molar-refractivity contribution in [3.8, 4) is 5.75 Å². The van der Waals surface area contributed by atoms with Crippen LogP contribution in [0.15, 0.2) is 63.8 Å². The molecule has 3 aromatic rings. The van der Waals surface area contributed by atoms with Crippen LogP contribution in [-0.2, 0) is 15.1 Å². The lowest BCUT2D eigenvalue weighted by Crippen LogP contribution is -2.42. The summed E-state index contributed by atoms with van der Waals surface area (Å²) in [5, 5.41) is 5.93. The Bertz CT molecular complexity index is 1250. The van der Waals surface area contributed by atoms with Gasteiger partial charge in [-0.2, -0.15) is 0 Å². The predicted octanol–water partition coefficient (Wildman–Crippen LogP) is 2.21. The zero-order valence-corrected chi connectivity index (χ0v) is 16.8. The molecule has 1 aliphatic rings. The molecule has 1 atom stereocenters. The molecule has 1 unspecified atom stereocenters. The van der Waals surface area contributed by atoms with Gasteiger partial charge < -0.3 is 19.8 Å². The minimum absolute atomic E-state index is 0.384. The van der Waals surface area contributed by atoms with Crippen molar-refractivity contribution in [2.45, 2.75) is 12.5 Å². The molecule has 0 spiro atoms. The Kier molecular flexibility index (Phi) is 4.94. The third-order valence-electron chi connectivity index (χ3n) is 5.15. The molecule has 1 aliphatic heterocycles. The number of rotatable bonds is 5. The van der Waals surface area contributed by atoms with Crippen LogP contribution in [0.4, 0.5) is 10.5 Å². The molecule has 31 heavy (non-hydrogen) atoms. The third-order valence-corrected chi connectivity index (χ3v) is 5.15. The Morgan fingerprint density at radius 3 is 2.55 bits per heavy atom. The quantitative estimate of drug-likeness (QED) is 0.482. The van der Waals surface area contributed by atoms with Crippen molar-refractivity contribution in [1.29, 1.82) is 0 Å². The molecule has 158 valence electrons. The van der Waals surface area contributed by atoms with Gasteiger partial charge in [0.2, 0.25) is 5.91 Å². The topological polar surface area (TPSA) is 118 Å². The molecule has 4 rings (SSSR count). The van der Waals surface area contributed by atoms with Crippen LogP contribution in [0.5, 0.6) is 5.75 Å². The largest absolute Gasteiger partial charge is 0.497 e. The maximum Gasteiger partial charge on any atom is 0.336 e. The van der Waals surface area contributed by atoms with Gasteiger partial charge in [-0.25, -0.2) is 9.59 Å². The number of carbonyl (C=O) groups is 3. The van der Waals surface area contributed by atoms with Gasteiger partial charge in [0.25, 0.3) is 5.91 Å². The fourth-order valence-electron chi connectivity index (χ4n) is 3.45. The first-order valence-electron chi connectivity index (χ1n) is 9.42. The highest BCUT2D eigenvalue weighted by Gasteiger charge is 2.49. The first kappa shape index (κ1) is 20.1. The van der Waals surface area contributed by atoms with Crippen LogP contribution in [-0.4, -0.2) is 36.4 Å². The summed E-state index contributed by atoms with van der Waals surface area (Å²) in [6.45, 7) is 1.14. The van der Waals surface area contributed by atoms with Crippen molar-refractivity contribution in [3.63, 3.8) is 0 Å². The van der Waals surface area contributed by atoms with E-state index in [0.717, 1.165) is 4.90 Å². The van der Waals surface area contributed by atoms with E-state index in [1.165, 1.54) is 13.2 Å². The molecular formula is C22H19N3O6. The van der Waals surface area contributed by atoms with E-state index in [2.05, 4.69) is 10.6 Å². The normalized spacial score (nSPS) is 18.2. The third kappa shape index (κ3) is 3.73. The molecule has 1 saturated heterocycles. The molecule has 2 aromatic carbocycles. The molecule has 0 aliphatic carbocycles. The molecule has 1 fully saturated rings. The minimum atomic E-state index is -1.29. The van der Waals surface area contributed by atoms with Gasteiger partial charge in [0.15, 0.2) is 0 Å². The number of ether oxygens (including phenoxy) is 1. The Morgan fingerprint density at radius 1 is 1.10 bits per heavy atom. The minimum Gasteiger partial charge on any atom is -0.497 e. The highest BCUT2D eigenvalue weighted by molar-refractivity contribution is 6.10. The van der Waals surface area contributed by atoms with Crippen LogP contribution in [0.25, 0.3) is 11.0 Å². The van der Waals surface area contributed by atoms with Gasteiger partial charge in [-0.05, 0) is 48.9 Å². The zero-order chi connectivity index (χ0) is 22.2. The number of carbonyl (C=O) groups excluding carboxylic acids is 3. The van der Waals surface area contributed by atoms with Gasteiger partial charge in [0, 0.05) is 17.1 Å². The molecule has 2 heterocycles. The lowest BCUT2D eigenvalue weighted by atomic mass is 9.92. The predicted molar refractivity (Wildman–Crippen MR) is 112 cm³/mol. The van der Waals surface area contributed by atoms with Crippen molar-refractivity contribution < 1.29 is 23.5 Å². The molecule has 2 N–H and O–H groups in total. The van der Waals surface area contributed by atoms with Gasteiger partial charge in [-0.1, -0.05) is 12.1 Å². The second-order valence-corrected chi connectivity index (χ2v) is 7.23. The van der Waals surface area contributed by atoms with Crippen LogP contribution in [0, 0.1) is 0 Å². The van der Waals surface area contributed by atoms with E-state index in [4.69, 9.17) is 9.15 Å². The van der Waals surface area contributed by atoms with E-state index in [0.29, 0.717) is 28.0 Å². The number of methoxy groups -OCH3 is 1. The summed E-state index contributed by atoms with van der Waals surface area (Å²) in [5.41, 5.74) is -0.357. The smallest absolute Gasteiger partial charge is 0.336 e. The number of hydrogen-bond donors (Lipinski definition) is 2. The Balaban J connectivity index is 1.49. The standard InChI is InChI=1S/C22H19N3O6/c1-22(14-4-7-16(30-2)8-5-14)20(28)25(21(29)24-22)12-18(26)23-15-6-9-17-13(11-15)3-10-19(27)31-17/h3-11H,12H2,1-2H3,(H,23,26)(H,24,29). The molecular weight excluding hydrogens is 402 g/mol. The van der Waals surface area contributed by atoms with E-state index in [9.17, 15) is 19.2 Å². The van der Waals surface area contributed by atoms with Gasteiger partial charge in [0.05, 0.1) is 7.11 Å². The van der Waals surface area contributed by atoms with Crippen LogP contribution in [0.3, 0.4) is 0 Å². The number of anilines is 1. The summed E-state index contributed by atoms with van der Waals surface area (Å²) in [6.07, 6.45) is 0. The number of imide groups is 1. The first-order valence-corrected chi connectivity index (χ1v) is 9.42. The molecule has 0 saturated carbocycles. The average Bonchev–Trinajstić information content (AvgIpc) is 2.97. The molecule has 9 nitrogen and oxygen atoms in total. The van der Waals surface area contributed by atoms with Crippen molar-refractivity contribution in [2.24, 2.45) is 0 Å². The monoisotopic (exact) mass is 421 g/mol. The highest BCUT2D eigenvalue weighted by Crippen LogP contribution is 2.30. The summed E-state index contributed by atoms with van der Waals surface area (Å²) in [7, 11) is 1.53. The number of amides is 4. The van der Waals surface area contributed by atoms with E-state index in [1.54, 1.807) is 55.5 Å². The van der Waals surface area contributed by atoms with Crippen LogP contribution >= 0.6 is 0 Å². The van der Waals surface area contributed by atoms with Crippen LogP contribution < -0.4 is 21.0 Å². The first-order chi connectivity index (χ1) is 14.8. The molecule has 4 amide bonds. The van der Waals surface area contributed by atoms with Crippen molar-refractivity contribution in [2.75, 3.05) is 19.0 Å². The number of nitrogens with zero attached hydrogens (tertiary/aromatic N) is 1. The van der Waals surface area contributed by atoms with Crippen molar-refractivity contribution >= 4 is 34.5 Å². The zero-order valence-electron chi connectivity index (χ0n) is 16.8. The number of urea groups is 1. The molecule has 9 heteroatoms. The lowest BCUT2D eigenvalue weighted by Gasteiger charge is -2.22. The summed E-state index contributed by atoms with van der Waals surface area (Å²) < 4.78 is 10.2. The van der Waals surface area contributed by atoms with Crippen LogP contribution in [0.1, 0.15) is 12.5 Å². The van der Waals surface area contributed by atoms with Crippen molar-refractivity contribution in [3.05, 3.63) is 70.6 Å². The summed E-state index contributed by atoms with van der Waals surface area (Å²) >= 11 is 0. The lowest BCUT2D eigenvalue weighted by molar-refractivity contribution is -0.133. The number of benzene rings is 2. The van der Waals surface area contributed by atoms with Crippen LogP contribution in [0.2, 0.25) is 0 Å². The summed E-state index contributed by atoms with van der Waals surface area (Å²) in [4.78, 5) is 50.1. The average molecular weight is 421 g/mol. The van der Waals surface area contributed by atoms with E-state index in [-0.39, 0.29) is 0 Å². The maximum atomic E-state index is 13.0. The Labute approximate surface area is 176 Å². The Hall–Kier alpha value is -4.14. The highest BCUT2D eigenvalue weighted by atomic mass is 16.5. The van der Waals surface area contributed by atoms with Gasteiger partial charge in [0.1, 0.15) is 23.4 Å². The molecule has 0 radical (unpaired) electrons. The Morgan fingerprint density at radius 2 is 1.84 bits per heavy atom.